The van der Waals surface area contributed by atoms with Crippen LogP contribution in [0.4, 0.5) is 9.18 Å². The van der Waals surface area contributed by atoms with Crippen LogP contribution < -0.4 is 5.32 Å². The van der Waals surface area contributed by atoms with Gasteiger partial charge in [0.2, 0.25) is 0 Å². The van der Waals surface area contributed by atoms with Crippen molar-refractivity contribution in [2.75, 3.05) is 26.7 Å². The standard InChI is InChI=1S/C22H26FN5O/c1-27(13-17-9-10-28(15-17)14-16-5-3-2-4-6-16)22(29)24-12-21-25-19-8-7-18(23)11-20(19)26-21/h2-8,11,17H,9-10,12-15H2,1H3,(H,24,29)(H,25,26)/t17-/m0/s1. The van der Waals surface area contributed by atoms with Crippen LogP contribution in [0, 0.1) is 11.7 Å². The zero-order valence-corrected chi connectivity index (χ0v) is 16.6. The van der Waals surface area contributed by atoms with Gasteiger partial charge < -0.3 is 15.2 Å². The van der Waals surface area contributed by atoms with Crippen LogP contribution in [0.5, 0.6) is 0 Å². The van der Waals surface area contributed by atoms with Crippen molar-refractivity contribution < 1.29 is 9.18 Å². The second-order valence-electron chi connectivity index (χ2n) is 7.76. The molecule has 0 aliphatic carbocycles. The number of likely N-dealkylation sites (tertiary alicyclic amines) is 1. The van der Waals surface area contributed by atoms with E-state index in [-0.39, 0.29) is 18.4 Å². The summed E-state index contributed by atoms with van der Waals surface area (Å²) < 4.78 is 13.3. The van der Waals surface area contributed by atoms with Gasteiger partial charge in [0.25, 0.3) is 0 Å². The summed E-state index contributed by atoms with van der Waals surface area (Å²) in [5, 5.41) is 2.89. The number of rotatable bonds is 6. The number of carbonyl (C=O) groups excluding carboxylic acids is 1. The van der Waals surface area contributed by atoms with Gasteiger partial charge in [-0.1, -0.05) is 30.3 Å². The van der Waals surface area contributed by atoms with Crippen LogP contribution in [0.15, 0.2) is 48.5 Å². The van der Waals surface area contributed by atoms with E-state index in [4.69, 9.17) is 0 Å². The van der Waals surface area contributed by atoms with Crippen LogP contribution in [0.25, 0.3) is 11.0 Å². The molecule has 152 valence electrons. The summed E-state index contributed by atoms with van der Waals surface area (Å²) in [7, 11) is 1.82. The molecular weight excluding hydrogens is 369 g/mol. The highest BCUT2D eigenvalue weighted by Crippen LogP contribution is 2.19. The Hall–Kier alpha value is -2.93. The van der Waals surface area contributed by atoms with Crippen molar-refractivity contribution in [2.24, 2.45) is 5.92 Å². The topological polar surface area (TPSA) is 64.3 Å². The minimum Gasteiger partial charge on any atom is -0.340 e. The molecular formula is C22H26FN5O. The number of nitrogens with zero attached hydrogens (tertiary/aromatic N) is 3. The van der Waals surface area contributed by atoms with Crippen molar-refractivity contribution in [3.63, 3.8) is 0 Å². The minimum atomic E-state index is -0.311. The molecule has 29 heavy (non-hydrogen) atoms. The van der Waals surface area contributed by atoms with Gasteiger partial charge in [-0.2, -0.15) is 0 Å². The molecule has 0 spiro atoms. The minimum absolute atomic E-state index is 0.127. The zero-order chi connectivity index (χ0) is 20.2. The summed E-state index contributed by atoms with van der Waals surface area (Å²) in [6.45, 7) is 4.03. The summed E-state index contributed by atoms with van der Waals surface area (Å²) in [5.41, 5.74) is 2.64. The maximum Gasteiger partial charge on any atom is 0.317 e. The summed E-state index contributed by atoms with van der Waals surface area (Å²) >= 11 is 0. The number of amides is 2. The predicted molar refractivity (Wildman–Crippen MR) is 111 cm³/mol. The second-order valence-corrected chi connectivity index (χ2v) is 7.76. The fourth-order valence-electron chi connectivity index (χ4n) is 3.93. The maximum atomic E-state index is 13.3. The molecule has 2 heterocycles. The molecule has 0 bridgehead atoms. The molecule has 2 N–H and O–H groups in total. The number of carbonyl (C=O) groups is 1. The third-order valence-electron chi connectivity index (χ3n) is 5.40. The van der Waals surface area contributed by atoms with Gasteiger partial charge in [-0.3, -0.25) is 4.90 Å². The summed E-state index contributed by atoms with van der Waals surface area (Å²) in [5.74, 6) is 0.778. The summed E-state index contributed by atoms with van der Waals surface area (Å²) in [6, 6.07) is 14.8. The molecule has 0 unspecified atom stereocenters. The monoisotopic (exact) mass is 395 g/mol. The predicted octanol–water partition coefficient (Wildman–Crippen LogP) is 3.37. The van der Waals surface area contributed by atoms with Crippen molar-refractivity contribution in [1.82, 2.24) is 25.1 Å². The molecule has 0 radical (unpaired) electrons. The lowest BCUT2D eigenvalue weighted by Crippen LogP contribution is -2.40. The molecule has 7 heteroatoms. The molecule has 4 rings (SSSR count). The highest BCUT2D eigenvalue weighted by Gasteiger charge is 2.25. The molecule has 2 amide bonds. The Bertz CT molecular complexity index is 974. The van der Waals surface area contributed by atoms with E-state index in [9.17, 15) is 9.18 Å². The van der Waals surface area contributed by atoms with Crippen LogP contribution in [0.1, 0.15) is 17.8 Å². The number of urea groups is 1. The van der Waals surface area contributed by atoms with Gasteiger partial charge in [0.1, 0.15) is 11.6 Å². The number of hydrogen-bond donors (Lipinski definition) is 2. The number of imidazole rings is 1. The summed E-state index contributed by atoms with van der Waals surface area (Å²) in [4.78, 5) is 24.0. The van der Waals surface area contributed by atoms with E-state index in [0.717, 1.165) is 32.6 Å². The van der Waals surface area contributed by atoms with E-state index >= 15 is 0 Å². The third-order valence-corrected chi connectivity index (χ3v) is 5.40. The lowest BCUT2D eigenvalue weighted by Gasteiger charge is -2.22. The van der Waals surface area contributed by atoms with Crippen LogP contribution in [-0.4, -0.2) is 52.5 Å². The molecule has 1 atom stereocenters. The van der Waals surface area contributed by atoms with Gasteiger partial charge in [-0.15, -0.1) is 0 Å². The normalized spacial score (nSPS) is 17.0. The fraction of sp³-hybridized carbons (Fsp3) is 0.364. The Morgan fingerprint density at radius 2 is 2.14 bits per heavy atom. The van der Waals surface area contributed by atoms with Gasteiger partial charge >= 0.3 is 6.03 Å². The molecule has 3 aromatic rings. The smallest absolute Gasteiger partial charge is 0.317 e. The van der Waals surface area contributed by atoms with Crippen LogP contribution in [0.2, 0.25) is 0 Å². The Labute approximate surface area is 169 Å². The van der Waals surface area contributed by atoms with Gasteiger partial charge in [-0.05, 0) is 42.6 Å². The molecule has 1 aromatic heterocycles. The van der Waals surface area contributed by atoms with Gasteiger partial charge in [0, 0.05) is 26.7 Å². The number of halogens is 1. The number of aromatic nitrogens is 2. The Morgan fingerprint density at radius 1 is 1.31 bits per heavy atom. The van der Waals surface area contributed by atoms with E-state index in [2.05, 4.69) is 44.5 Å². The highest BCUT2D eigenvalue weighted by molar-refractivity contribution is 5.76. The molecule has 2 aromatic carbocycles. The van der Waals surface area contributed by atoms with Crippen LogP contribution >= 0.6 is 0 Å². The quantitative estimate of drug-likeness (QED) is 0.673. The van der Waals surface area contributed by atoms with E-state index in [1.54, 1.807) is 11.0 Å². The van der Waals surface area contributed by atoms with Gasteiger partial charge in [-0.25, -0.2) is 14.2 Å². The molecule has 0 saturated carbocycles. The van der Waals surface area contributed by atoms with Crippen molar-refractivity contribution >= 4 is 17.1 Å². The van der Waals surface area contributed by atoms with E-state index in [1.807, 2.05) is 13.1 Å². The Balaban J connectivity index is 1.24. The molecule has 1 aliphatic heterocycles. The average molecular weight is 395 g/mol. The molecule has 1 aliphatic rings. The first-order chi connectivity index (χ1) is 14.1. The maximum absolute atomic E-state index is 13.3. The number of nitrogens with one attached hydrogen (secondary N) is 2. The molecule has 6 nitrogen and oxygen atoms in total. The fourth-order valence-corrected chi connectivity index (χ4v) is 3.93. The van der Waals surface area contributed by atoms with Crippen molar-refractivity contribution in [2.45, 2.75) is 19.5 Å². The van der Waals surface area contributed by atoms with Crippen molar-refractivity contribution in [3.05, 3.63) is 65.7 Å². The SMILES string of the molecule is CN(C[C@@H]1CCN(Cc2ccccc2)C1)C(=O)NCc1nc2ccc(F)cc2[nH]1. The molecule has 1 saturated heterocycles. The number of H-pyrrole nitrogens is 1. The van der Waals surface area contributed by atoms with Gasteiger partial charge in [0.05, 0.1) is 17.6 Å². The average Bonchev–Trinajstić information content (AvgIpc) is 3.32. The van der Waals surface area contributed by atoms with Crippen LogP contribution in [0.3, 0.4) is 0 Å². The van der Waals surface area contributed by atoms with E-state index in [1.165, 1.54) is 17.7 Å². The first-order valence-corrected chi connectivity index (χ1v) is 9.96. The van der Waals surface area contributed by atoms with Crippen LogP contribution in [-0.2, 0) is 13.1 Å². The number of aromatic amines is 1. The molecule has 1 fully saturated rings. The highest BCUT2D eigenvalue weighted by atomic mass is 19.1. The van der Waals surface area contributed by atoms with Crippen molar-refractivity contribution in [1.29, 1.82) is 0 Å². The number of hydrogen-bond acceptors (Lipinski definition) is 3. The number of benzene rings is 2. The Morgan fingerprint density at radius 3 is 2.97 bits per heavy atom. The second kappa shape index (κ2) is 8.61. The van der Waals surface area contributed by atoms with Gasteiger partial charge in [0.15, 0.2) is 0 Å². The van der Waals surface area contributed by atoms with E-state index < -0.39 is 0 Å². The van der Waals surface area contributed by atoms with Crippen molar-refractivity contribution in [3.8, 4) is 0 Å². The Kier molecular flexibility index (Phi) is 5.76. The lowest BCUT2D eigenvalue weighted by molar-refractivity contribution is 0.199. The number of fused-ring (bicyclic) bond motifs is 1. The largest absolute Gasteiger partial charge is 0.340 e. The third kappa shape index (κ3) is 4.92. The first kappa shape index (κ1) is 19.4. The van der Waals surface area contributed by atoms with E-state index in [0.29, 0.717) is 22.8 Å². The lowest BCUT2D eigenvalue weighted by atomic mass is 10.1. The first-order valence-electron chi connectivity index (χ1n) is 9.96. The zero-order valence-electron chi connectivity index (χ0n) is 16.6. The summed E-state index contributed by atoms with van der Waals surface area (Å²) in [6.07, 6.45) is 1.10.